The largest absolute Gasteiger partial charge is 0.379 e. The summed E-state index contributed by atoms with van der Waals surface area (Å²) in [6.07, 6.45) is 3.30. The van der Waals surface area contributed by atoms with Crippen LogP contribution in [0.15, 0.2) is 67.1 Å². The summed E-state index contributed by atoms with van der Waals surface area (Å²) in [4.78, 5) is 17.3. The molecule has 0 unspecified atom stereocenters. The summed E-state index contributed by atoms with van der Waals surface area (Å²) in [5.74, 6) is 0.846. The van der Waals surface area contributed by atoms with Crippen LogP contribution in [0.25, 0.3) is 11.5 Å². The van der Waals surface area contributed by atoms with E-state index in [-0.39, 0.29) is 11.9 Å². The van der Waals surface area contributed by atoms with Crippen molar-refractivity contribution in [3.05, 3.63) is 78.4 Å². The number of hydrogen-bond donors (Lipinski definition) is 2. The molecule has 0 saturated carbocycles. The molecular formula is C22H22N8O. The molecule has 1 aromatic carbocycles. The van der Waals surface area contributed by atoms with Crippen molar-refractivity contribution < 1.29 is 4.79 Å². The van der Waals surface area contributed by atoms with Gasteiger partial charge in [-0.3, -0.25) is 4.79 Å². The number of nitrogens with zero attached hydrogens (tertiary/aromatic N) is 6. The Labute approximate surface area is 179 Å². The molecule has 9 heteroatoms. The number of amides is 1. The number of aromatic nitrogens is 6. The van der Waals surface area contributed by atoms with E-state index in [1.54, 1.807) is 30.7 Å². The summed E-state index contributed by atoms with van der Waals surface area (Å²) in [7, 11) is 0. The van der Waals surface area contributed by atoms with Gasteiger partial charge < -0.3 is 15.2 Å². The number of benzene rings is 1. The fraction of sp³-hybridized carbons (Fsp3) is 0.182. The first-order valence-electron chi connectivity index (χ1n) is 9.89. The van der Waals surface area contributed by atoms with Gasteiger partial charge in [-0.05, 0) is 56.3 Å². The standard InChI is InChI=1S/C22H22N8O/c1-15(2)30-14-25-29-21(30)19-9-4-10-20(26-19)27-22(31)16-6-3-7-17(12-16)23-13-18-8-5-11-24-28-18/h3-12,14-15,23H,13H2,1-2H3,(H,26,27,31). The molecule has 4 aromatic rings. The molecule has 4 rings (SSSR count). The Morgan fingerprint density at radius 1 is 1.03 bits per heavy atom. The highest BCUT2D eigenvalue weighted by atomic mass is 16.1. The third-order valence-corrected chi connectivity index (χ3v) is 4.58. The molecule has 3 heterocycles. The van der Waals surface area contributed by atoms with E-state index in [0.717, 1.165) is 11.4 Å². The molecule has 31 heavy (non-hydrogen) atoms. The number of rotatable bonds is 7. The van der Waals surface area contributed by atoms with Crippen LogP contribution in [0.1, 0.15) is 35.9 Å². The Hall–Kier alpha value is -4.14. The molecule has 9 nitrogen and oxygen atoms in total. The van der Waals surface area contributed by atoms with Crippen molar-refractivity contribution in [3.8, 4) is 11.5 Å². The first-order chi connectivity index (χ1) is 15.1. The van der Waals surface area contributed by atoms with Crippen LogP contribution >= 0.6 is 0 Å². The number of pyridine rings is 1. The minimum absolute atomic E-state index is 0.196. The van der Waals surface area contributed by atoms with E-state index in [4.69, 9.17) is 0 Å². The molecular weight excluding hydrogens is 392 g/mol. The van der Waals surface area contributed by atoms with E-state index < -0.39 is 0 Å². The molecule has 0 radical (unpaired) electrons. The minimum Gasteiger partial charge on any atom is -0.379 e. The van der Waals surface area contributed by atoms with Gasteiger partial charge in [0.15, 0.2) is 5.82 Å². The molecule has 0 saturated heterocycles. The van der Waals surface area contributed by atoms with Crippen molar-refractivity contribution in [2.75, 3.05) is 10.6 Å². The van der Waals surface area contributed by atoms with E-state index in [9.17, 15) is 4.79 Å². The van der Waals surface area contributed by atoms with Crippen molar-refractivity contribution in [2.45, 2.75) is 26.4 Å². The van der Waals surface area contributed by atoms with Crippen molar-refractivity contribution >= 4 is 17.4 Å². The van der Waals surface area contributed by atoms with Gasteiger partial charge in [-0.15, -0.1) is 10.2 Å². The molecule has 2 N–H and O–H groups in total. The smallest absolute Gasteiger partial charge is 0.256 e. The van der Waals surface area contributed by atoms with E-state index in [1.807, 2.05) is 54.8 Å². The van der Waals surface area contributed by atoms with Gasteiger partial charge in [-0.25, -0.2) is 4.98 Å². The van der Waals surface area contributed by atoms with Gasteiger partial charge in [0.25, 0.3) is 5.91 Å². The lowest BCUT2D eigenvalue weighted by Gasteiger charge is -2.11. The van der Waals surface area contributed by atoms with E-state index in [0.29, 0.717) is 29.4 Å². The molecule has 0 aliphatic rings. The average Bonchev–Trinajstić information content (AvgIpc) is 3.29. The van der Waals surface area contributed by atoms with Gasteiger partial charge in [0.2, 0.25) is 0 Å². The first-order valence-corrected chi connectivity index (χ1v) is 9.89. The Morgan fingerprint density at radius 3 is 2.71 bits per heavy atom. The quantitative estimate of drug-likeness (QED) is 0.475. The molecule has 156 valence electrons. The number of anilines is 2. The maximum absolute atomic E-state index is 12.8. The van der Waals surface area contributed by atoms with Crippen LogP contribution in [0.4, 0.5) is 11.5 Å². The SMILES string of the molecule is CC(C)n1cnnc1-c1cccc(NC(=O)c2cccc(NCc3cccnn3)c2)n1. The summed E-state index contributed by atoms with van der Waals surface area (Å²) < 4.78 is 1.93. The van der Waals surface area contributed by atoms with Crippen LogP contribution in [0.2, 0.25) is 0 Å². The fourth-order valence-corrected chi connectivity index (χ4v) is 3.01. The molecule has 0 aliphatic carbocycles. The van der Waals surface area contributed by atoms with Gasteiger partial charge in [0, 0.05) is 23.5 Å². The van der Waals surface area contributed by atoms with E-state index in [2.05, 4.69) is 36.0 Å². The summed E-state index contributed by atoms with van der Waals surface area (Å²) >= 11 is 0. The third-order valence-electron chi connectivity index (χ3n) is 4.58. The van der Waals surface area contributed by atoms with Gasteiger partial charge in [-0.1, -0.05) is 12.1 Å². The maximum Gasteiger partial charge on any atom is 0.256 e. The van der Waals surface area contributed by atoms with Gasteiger partial charge >= 0.3 is 0 Å². The summed E-state index contributed by atoms with van der Waals surface area (Å²) in [6, 6.07) is 16.6. The van der Waals surface area contributed by atoms with Crippen molar-refractivity contribution in [2.24, 2.45) is 0 Å². The van der Waals surface area contributed by atoms with Gasteiger partial charge in [0.1, 0.15) is 17.8 Å². The second-order valence-electron chi connectivity index (χ2n) is 7.17. The highest BCUT2D eigenvalue weighted by molar-refractivity contribution is 6.04. The fourth-order valence-electron chi connectivity index (χ4n) is 3.01. The van der Waals surface area contributed by atoms with Crippen LogP contribution in [0.5, 0.6) is 0 Å². The van der Waals surface area contributed by atoms with Crippen molar-refractivity contribution in [3.63, 3.8) is 0 Å². The molecule has 3 aromatic heterocycles. The summed E-state index contributed by atoms with van der Waals surface area (Å²) in [6.45, 7) is 4.60. The lowest BCUT2D eigenvalue weighted by molar-refractivity contribution is 0.102. The lowest BCUT2D eigenvalue weighted by atomic mass is 10.2. The predicted molar refractivity (Wildman–Crippen MR) is 117 cm³/mol. The molecule has 0 aliphatic heterocycles. The second-order valence-corrected chi connectivity index (χ2v) is 7.17. The van der Waals surface area contributed by atoms with Crippen molar-refractivity contribution in [1.82, 2.24) is 29.9 Å². The molecule has 1 amide bonds. The zero-order valence-electron chi connectivity index (χ0n) is 17.2. The molecule has 0 fully saturated rings. The molecule has 0 spiro atoms. The van der Waals surface area contributed by atoms with Crippen LogP contribution in [-0.2, 0) is 6.54 Å². The highest BCUT2D eigenvalue weighted by Gasteiger charge is 2.13. The van der Waals surface area contributed by atoms with Crippen LogP contribution in [0, 0.1) is 0 Å². The highest BCUT2D eigenvalue weighted by Crippen LogP contribution is 2.20. The normalized spacial score (nSPS) is 10.8. The maximum atomic E-state index is 12.8. The molecule has 0 bridgehead atoms. The van der Waals surface area contributed by atoms with Gasteiger partial charge in [-0.2, -0.15) is 10.2 Å². The topological polar surface area (TPSA) is 111 Å². The zero-order valence-corrected chi connectivity index (χ0v) is 17.2. The van der Waals surface area contributed by atoms with Crippen LogP contribution in [0.3, 0.4) is 0 Å². The number of hydrogen-bond acceptors (Lipinski definition) is 7. The Bertz CT molecular complexity index is 1170. The Balaban J connectivity index is 1.47. The van der Waals surface area contributed by atoms with Crippen molar-refractivity contribution in [1.29, 1.82) is 0 Å². The second kappa shape index (κ2) is 9.12. The monoisotopic (exact) mass is 414 g/mol. The molecule has 0 atom stereocenters. The summed E-state index contributed by atoms with van der Waals surface area (Å²) in [5.41, 5.74) is 2.78. The van der Waals surface area contributed by atoms with Gasteiger partial charge in [0.05, 0.1) is 12.2 Å². The van der Waals surface area contributed by atoms with E-state index >= 15 is 0 Å². The number of nitrogens with one attached hydrogen (secondary N) is 2. The zero-order chi connectivity index (χ0) is 21.6. The minimum atomic E-state index is -0.252. The average molecular weight is 414 g/mol. The van der Waals surface area contributed by atoms with Crippen LogP contribution in [-0.4, -0.2) is 35.9 Å². The number of carbonyl (C=O) groups excluding carboxylic acids is 1. The summed E-state index contributed by atoms with van der Waals surface area (Å²) in [5, 5.41) is 22.1. The third kappa shape index (κ3) is 4.89. The first kappa shape index (κ1) is 20.1. The number of carbonyl (C=O) groups is 1. The predicted octanol–water partition coefficient (Wildman–Crippen LogP) is 3.58. The Morgan fingerprint density at radius 2 is 1.90 bits per heavy atom. The van der Waals surface area contributed by atoms with E-state index in [1.165, 1.54) is 0 Å². The van der Waals surface area contributed by atoms with Crippen LogP contribution < -0.4 is 10.6 Å². The lowest BCUT2D eigenvalue weighted by Crippen LogP contribution is -2.14. The Kier molecular flexibility index (Phi) is 5.93.